The highest BCUT2D eigenvalue weighted by atomic mass is 16.2. The molecular weight excluding hydrogens is 328 g/mol. The second-order valence-corrected chi connectivity index (χ2v) is 7.55. The van der Waals surface area contributed by atoms with Gasteiger partial charge in [-0.2, -0.15) is 0 Å². The molecule has 1 aliphatic rings. The Morgan fingerprint density at radius 1 is 1.04 bits per heavy atom. The van der Waals surface area contributed by atoms with Crippen LogP contribution in [-0.4, -0.2) is 98.1 Å². The van der Waals surface area contributed by atoms with Crippen LogP contribution in [0.5, 0.6) is 0 Å². The molecule has 1 fully saturated rings. The first-order chi connectivity index (χ1) is 12.3. The van der Waals surface area contributed by atoms with Gasteiger partial charge < -0.3 is 15.5 Å². The van der Waals surface area contributed by atoms with Gasteiger partial charge in [0, 0.05) is 78.4 Å². The lowest BCUT2D eigenvalue weighted by Crippen LogP contribution is -2.50. The molecule has 0 aliphatic carbocycles. The van der Waals surface area contributed by atoms with Crippen LogP contribution < -0.4 is 10.6 Å². The lowest BCUT2D eigenvalue weighted by molar-refractivity contribution is -0.130. The molecule has 0 saturated carbocycles. The molecule has 1 aliphatic heterocycles. The molecule has 1 rings (SSSR count). The maximum Gasteiger partial charge on any atom is 0.219 e. The Bertz CT molecular complexity index is 422. The van der Waals surface area contributed by atoms with Gasteiger partial charge in [-0.15, -0.1) is 0 Å². The van der Waals surface area contributed by atoms with Gasteiger partial charge in [-0.05, 0) is 34.1 Å². The highest BCUT2D eigenvalue weighted by Crippen LogP contribution is 2.05. The number of aliphatic imine (C=N–C) groups is 1. The Morgan fingerprint density at radius 3 is 2.12 bits per heavy atom. The predicted molar refractivity (Wildman–Crippen MR) is 110 cm³/mol. The van der Waals surface area contributed by atoms with Crippen molar-refractivity contribution in [1.82, 2.24) is 25.3 Å². The smallest absolute Gasteiger partial charge is 0.219 e. The number of carbonyl (C=O) groups is 1. The average Bonchev–Trinajstić information content (AvgIpc) is 2.59. The summed E-state index contributed by atoms with van der Waals surface area (Å²) in [5.74, 6) is 1.05. The number of nitrogens with zero attached hydrogens (tertiary/aromatic N) is 4. The number of nitrogens with one attached hydrogen (secondary N) is 2. The summed E-state index contributed by atoms with van der Waals surface area (Å²) in [5.41, 5.74) is 0. The Kier molecular flexibility index (Phi) is 10.6. The lowest BCUT2D eigenvalue weighted by Gasteiger charge is -2.34. The normalized spacial score (nSPS) is 16.7. The lowest BCUT2D eigenvalue weighted by atomic mass is 10.2. The minimum Gasteiger partial charge on any atom is -0.356 e. The summed E-state index contributed by atoms with van der Waals surface area (Å²) >= 11 is 0. The van der Waals surface area contributed by atoms with E-state index in [2.05, 4.69) is 53.1 Å². The highest BCUT2D eigenvalue weighted by Gasteiger charge is 2.18. The number of hydrogen-bond donors (Lipinski definition) is 2. The number of rotatable bonds is 9. The standard InChI is InChI=1S/C19H40N6O/c1-16(2)25(17(3)4)10-7-8-21-19(20-6)22-9-11-23-12-14-24(15-13-23)18(5)26/h16-17H,7-15H2,1-6H3,(H2,20,21,22). The third kappa shape index (κ3) is 8.36. The fourth-order valence-corrected chi connectivity index (χ4v) is 3.42. The van der Waals surface area contributed by atoms with Gasteiger partial charge in [0.15, 0.2) is 5.96 Å². The van der Waals surface area contributed by atoms with Crippen molar-refractivity contribution in [3.8, 4) is 0 Å². The van der Waals surface area contributed by atoms with Crippen molar-refractivity contribution in [2.45, 2.75) is 53.1 Å². The van der Waals surface area contributed by atoms with Crippen molar-refractivity contribution in [3.05, 3.63) is 0 Å². The van der Waals surface area contributed by atoms with Crippen molar-refractivity contribution in [3.63, 3.8) is 0 Å². The number of piperazine rings is 1. The zero-order valence-electron chi connectivity index (χ0n) is 17.7. The Labute approximate surface area is 160 Å². The quantitative estimate of drug-likeness (QED) is 0.358. The van der Waals surface area contributed by atoms with Gasteiger partial charge in [-0.25, -0.2) is 0 Å². The third-order valence-corrected chi connectivity index (χ3v) is 4.97. The van der Waals surface area contributed by atoms with Crippen LogP contribution >= 0.6 is 0 Å². The molecule has 2 N–H and O–H groups in total. The fourth-order valence-electron chi connectivity index (χ4n) is 3.42. The summed E-state index contributed by atoms with van der Waals surface area (Å²) in [4.78, 5) is 22.5. The second-order valence-electron chi connectivity index (χ2n) is 7.55. The van der Waals surface area contributed by atoms with Gasteiger partial charge in [-0.3, -0.25) is 19.6 Å². The molecule has 1 heterocycles. The molecule has 0 aromatic heterocycles. The second kappa shape index (κ2) is 12.1. The van der Waals surface area contributed by atoms with Crippen LogP contribution in [0.1, 0.15) is 41.0 Å². The molecule has 0 aromatic rings. The maximum atomic E-state index is 11.4. The van der Waals surface area contributed by atoms with E-state index < -0.39 is 0 Å². The fraction of sp³-hybridized carbons (Fsp3) is 0.895. The first-order valence-corrected chi connectivity index (χ1v) is 10.0. The summed E-state index contributed by atoms with van der Waals surface area (Å²) in [6.45, 7) is 18.1. The predicted octanol–water partition coefficient (Wildman–Crippen LogP) is 0.824. The van der Waals surface area contributed by atoms with Crippen LogP contribution in [-0.2, 0) is 4.79 Å². The van der Waals surface area contributed by atoms with E-state index >= 15 is 0 Å². The van der Waals surface area contributed by atoms with E-state index in [-0.39, 0.29) is 5.91 Å². The minimum atomic E-state index is 0.181. The molecule has 1 amide bonds. The van der Waals surface area contributed by atoms with Crippen LogP contribution in [0.25, 0.3) is 0 Å². The summed E-state index contributed by atoms with van der Waals surface area (Å²) in [5, 5.41) is 6.79. The number of amides is 1. The highest BCUT2D eigenvalue weighted by molar-refractivity contribution is 5.79. The largest absolute Gasteiger partial charge is 0.356 e. The topological polar surface area (TPSA) is 63.2 Å². The molecular formula is C19H40N6O. The zero-order chi connectivity index (χ0) is 19.5. The first kappa shape index (κ1) is 22.7. The van der Waals surface area contributed by atoms with Crippen molar-refractivity contribution in [2.24, 2.45) is 4.99 Å². The van der Waals surface area contributed by atoms with Gasteiger partial charge >= 0.3 is 0 Å². The van der Waals surface area contributed by atoms with Crippen LogP contribution in [0.3, 0.4) is 0 Å². The average molecular weight is 369 g/mol. The van der Waals surface area contributed by atoms with Crippen molar-refractivity contribution in [1.29, 1.82) is 0 Å². The van der Waals surface area contributed by atoms with Gasteiger partial charge in [0.25, 0.3) is 0 Å². The first-order valence-electron chi connectivity index (χ1n) is 10.0. The van der Waals surface area contributed by atoms with E-state index in [1.807, 2.05) is 11.9 Å². The van der Waals surface area contributed by atoms with Crippen molar-refractivity contribution in [2.75, 3.05) is 59.4 Å². The molecule has 7 heteroatoms. The number of carbonyl (C=O) groups excluding carboxylic acids is 1. The van der Waals surface area contributed by atoms with E-state index in [4.69, 9.17) is 0 Å². The Hall–Kier alpha value is -1.34. The summed E-state index contributed by atoms with van der Waals surface area (Å²) < 4.78 is 0. The Morgan fingerprint density at radius 2 is 1.62 bits per heavy atom. The molecule has 26 heavy (non-hydrogen) atoms. The van der Waals surface area contributed by atoms with Gasteiger partial charge in [0.1, 0.15) is 0 Å². The SMILES string of the molecule is CN=C(NCCCN(C(C)C)C(C)C)NCCN1CCN(C(C)=O)CC1. The van der Waals surface area contributed by atoms with Crippen molar-refractivity contribution < 1.29 is 4.79 Å². The summed E-state index contributed by atoms with van der Waals surface area (Å²) in [6.07, 6.45) is 1.10. The Balaban J connectivity index is 2.17. The molecule has 0 spiro atoms. The molecule has 0 atom stereocenters. The zero-order valence-corrected chi connectivity index (χ0v) is 17.7. The van der Waals surface area contributed by atoms with E-state index in [0.717, 1.165) is 64.7 Å². The molecule has 7 nitrogen and oxygen atoms in total. The van der Waals surface area contributed by atoms with Crippen LogP contribution in [0.15, 0.2) is 4.99 Å². The number of guanidine groups is 1. The van der Waals surface area contributed by atoms with E-state index in [1.165, 1.54) is 0 Å². The van der Waals surface area contributed by atoms with E-state index in [1.54, 1.807) is 6.92 Å². The molecule has 0 aromatic carbocycles. The van der Waals surface area contributed by atoms with E-state index in [0.29, 0.717) is 12.1 Å². The van der Waals surface area contributed by atoms with E-state index in [9.17, 15) is 4.79 Å². The molecule has 152 valence electrons. The molecule has 0 unspecified atom stereocenters. The van der Waals surface area contributed by atoms with Gasteiger partial charge in [0.05, 0.1) is 0 Å². The van der Waals surface area contributed by atoms with Gasteiger partial charge in [-0.1, -0.05) is 0 Å². The molecule has 1 saturated heterocycles. The summed E-state index contributed by atoms with van der Waals surface area (Å²) in [6, 6.07) is 1.16. The van der Waals surface area contributed by atoms with Crippen LogP contribution in [0.2, 0.25) is 0 Å². The monoisotopic (exact) mass is 368 g/mol. The van der Waals surface area contributed by atoms with Crippen LogP contribution in [0, 0.1) is 0 Å². The summed E-state index contributed by atoms with van der Waals surface area (Å²) in [7, 11) is 1.81. The minimum absolute atomic E-state index is 0.181. The third-order valence-electron chi connectivity index (χ3n) is 4.97. The van der Waals surface area contributed by atoms with Crippen molar-refractivity contribution >= 4 is 11.9 Å². The van der Waals surface area contributed by atoms with Crippen LogP contribution in [0.4, 0.5) is 0 Å². The maximum absolute atomic E-state index is 11.4. The molecule has 0 bridgehead atoms. The molecule has 0 radical (unpaired) electrons. The number of hydrogen-bond acceptors (Lipinski definition) is 4. The van der Waals surface area contributed by atoms with Gasteiger partial charge in [0.2, 0.25) is 5.91 Å².